The number of anilines is 1. The highest BCUT2D eigenvalue weighted by molar-refractivity contribution is 5.98. The lowest BCUT2D eigenvalue weighted by molar-refractivity contribution is 0.0587. The quantitative estimate of drug-likeness (QED) is 0.390. The van der Waals surface area contributed by atoms with Crippen molar-refractivity contribution in [1.29, 1.82) is 0 Å². The Bertz CT molecular complexity index is 1420. The summed E-state index contributed by atoms with van der Waals surface area (Å²) in [5.41, 5.74) is 4.89. The maximum Gasteiger partial charge on any atom is 0.254 e. The number of hydrogen-bond acceptors (Lipinski definition) is 7. The number of nitrogens with zero attached hydrogens (tertiary/aromatic N) is 5. The van der Waals surface area contributed by atoms with Crippen LogP contribution in [-0.4, -0.2) is 81.3 Å². The SMILES string of the molecule is CCOc1cc(CCN2CC3(CCC3)c3c(CN4CC[C@H](O)C4)cc(Cn4ccnc4NC)cc3C2=O)ncc1F. The van der Waals surface area contributed by atoms with Crippen molar-refractivity contribution in [2.24, 2.45) is 0 Å². The molecule has 0 radical (unpaired) electrons. The maximum atomic E-state index is 14.1. The number of aromatic nitrogens is 3. The largest absolute Gasteiger partial charge is 0.491 e. The Morgan fingerprint density at radius 2 is 2.07 bits per heavy atom. The number of aliphatic hydroxyl groups is 1. The molecule has 1 spiro atoms. The van der Waals surface area contributed by atoms with Gasteiger partial charge in [0.25, 0.3) is 5.91 Å². The highest BCUT2D eigenvalue weighted by atomic mass is 19.1. The van der Waals surface area contributed by atoms with Crippen molar-refractivity contribution >= 4 is 11.9 Å². The first-order valence-corrected chi connectivity index (χ1v) is 14.7. The molecule has 3 aliphatic rings. The van der Waals surface area contributed by atoms with Gasteiger partial charge < -0.3 is 24.6 Å². The molecule has 0 bridgehead atoms. The molecule has 0 unspecified atom stereocenters. The fourth-order valence-electron chi connectivity index (χ4n) is 6.83. The molecule has 6 rings (SSSR count). The van der Waals surface area contributed by atoms with Crippen LogP contribution in [0.1, 0.15) is 65.3 Å². The number of imidazole rings is 1. The fraction of sp³-hybridized carbons (Fsp3) is 0.516. The zero-order valence-electron chi connectivity index (χ0n) is 23.9. The maximum absolute atomic E-state index is 14.1. The van der Waals surface area contributed by atoms with Crippen molar-refractivity contribution in [1.82, 2.24) is 24.3 Å². The van der Waals surface area contributed by atoms with Crippen LogP contribution >= 0.6 is 0 Å². The van der Waals surface area contributed by atoms with Gasteiger partial charge in [0.1, 0.15) is 0 Å². The van der Waals surface area contributed by atoms with Crippen molar-refractivity contribution < 1.29 is 19.0 Å². The summed E-state index contributed by atoms with van der Waals surface area (Å²) in [6.45, 7) is 6.22. The number of ether oxygens (including phenoxy) is 1. The van der Waals surface area contributed by atoms with E-state index in [0.717, 1.165) is 55.8 Å². The molecule has 2 aliphatic heterocycles. The van der Waals surface area contributed by atoms with Crippen molar-refractivity contribution in [2.75, 3.05) is 45.2 Å². The normalized spacial score (nSPS) is 19.9. The summed E-state index contributed by atoms with van der Waals surface area (Å²) < 4.78 is 21.5. The number of carbonyl (C=O) groups excluding carboxylic acids is 1. The van der Waals surface area contributed by atoms with E-state index in [-0.39, 0.29) is 23.2 Å². The average Bonchev–Trinajstić information content (AvgIpc) is 3.57. The van der Waals surface area contributed by atoms with Gasteiger partial charge >= 0.3 is 0 Å². The van der Waals surface area contributed by atoms with Crippen LogP contribution in [0, 0.1) is 5.82 Å². The van der Waals surface area contributed by atoms with Crippen LogP contribution in [0.4, 0.5) is 10.3 Å². The van der Waals surface area contributed by atoms with Gasteiger partial charge in [-0.25, -0.2) is 9.37 Å². The van der Waals surface area contributed by atoms with Crippen LogP contribution < -0.4 is 10.1 Å². The van der Waals surface area contributed by atoms with Crippen molar-refractivity contribution in [2.45, 2.75) is 63.6 Å². The standard InChI is InChI=1S/C31H39FN6O3/c1-3-41-27-15-23(35-16-26(27)32)5-11-38-20-31(7-4-8-31)28-22(18-36-10-6-24(39)19-36)13-21(14-25(28)29(38)40)17-37-12-9-34-30(37)33-2/h9,12-16,24,39H,3-8,10-11,17-20H2,1-2H3,(H,33,34)/t24-/m0/s1. The second-order valence-corrected chi connectivity index (χ2v) is 11.6. The van der Waals surface area contributed by atoms with Crippen LogP contribution in [0.5, 0.6) is 5.75 Å². The van der Waals surface area contributed by atoms with Crippen LogP contribution in [0.2, 0.25) is 0 Å². The number of aliphatic hydroxyl groups excluding tert-OH is 1. The molecule has 1 saturated heterocycles. The number of halogens is 1. The highest BCUT2D eigenvalue weighted by Gasteiger charge is 2.48. The van der Waals surface area contributed by atoms with Crippen LogP contribution in [0.15, 0.2) is 36.8 Å². The third kappa shape index (κ3) is 5.42. The number of hydrogen-bond donors (Lipinski definition) is 2. The summed E-state index contributed by atoms with van der Waals surface area (Å²) in [7, 11) is 1.85. The lowest BCUT2D eigenvalue weighted by atomic mass is 9.60. The Hall–Kier alpha value is -3.50. The number of nitrogens with one attached hydrogen (secondary N) is 1. The van der Waals surface area contributed by atoms with E-state index in [2.05, 4.69) is 32.3 Å². The van der Waals surface area contributed by atoms with Gasteiger partial charge in [-0.05, 0) is 48.9 Å². The summed E-state index contributed by atoms with van der Waals surface area (Å²) in [6, 6.07) is 5.99. The molecule has 218 valence electrons. The van der Waals surface area contributed by atoms with Crippen molar-refractivity contribution in [3.63, 3.8) is 0 Å². The Labute approximate surface area is 240 Å². The van der Waals surface area contributed by atoms with Gasteiger partial charge in [-0.2, -0.15) is 0 Å². The number of likely N-dealkylation sites (tertiary alicyclic amines) is 1. The average molecular weight is 563 g/mol. The van der Waals surface area contributed by atoms with Crippen LogP contribution in [0.25, 0.3) is 0 Å². The van der Waals surface area contributed by atoms with Gasteiger partial charge in [0, 0.05) is 81.3 Å². The summed E-state index contributed by atoms with van der Waals surface area (Å²) in [5, 5.41) is 13.3. The third-order valence-electron chi connectivity index (χ3n) is 8.88. The Morgan fingerprint density at radius 1 is 1.22 bits per heavy atom. The van der Waals surface area contributed by atoms with Gasteiger partial charge in [-0.15, -0.1) is 0 Å². The second kappa shape index (κ2) is 11.4. The Morgan fingerprint density at radius 3 is 2.78 bits per heavy atom. The minimum Gasteiger partial charge on any atom is -0.491 e. The third-order valence-corrected chi connectivity index (χ3v) is 8.88. The number of amides is 1. The lowest BCUT2D eigenvalue weighted by Gasteiger charge is -2.51. The fourth-order valence-corrected chi connectivity index (χ4v) is 6.83. The molecule has 2 N–H and O–H groups in total. The molecule has 4 heterocycles. The molecule has 9 nitrogen and oxygen atoms in total. The molecule has 41 heavy (non-hydrogen) atoms. The molecule has 1 amide bonds. The lowest BCUT2D eigenvalue weighted by Crippen LogP contribution is -2.54. The van der Waals surface area contributed by atoms with Crippen LogP contribution in [0.3, 0.4) is 0 Å². The number of benzene rings is 1. The van der Waals surface area contributed by atoms with Gasteiger partial charge in [-0.1, -0.05) is 12.5 Å². The molecule has 10 heteroatoms. The predicted octanol–water partition coefficient (Wildman–Crippen LogP) is 3.59. The predicted molar refractivity (Wildman–Crippen MR) is 154 cm³/mol. The van der Waals surface area contributed by atoms with E-state index < -0.39 is 5.82 Å². The van der Waals surface area contributed by atoms with E-state index in [4.69, 9.17) is 4.74 Å². The zero-order chi connectivity index (χ0) is 28.6. The molecule has 1 aliphatic carbocycles. The van der Waals surface area contributed by atoms with E-state index in [9.17, 15) is 14.3 Å². The number of β-amino-alcohol motifs (C(OH)–C–C–N with tert-alkyl or cyclic N) is 1. The topological polar surface area (TPSA) is 95.7 Å². The first-order valence-electron chi connectivity index (χ1n) is 14.7. The van der Waals surface area contributed by atoms with Gasteiger partial charge in [0.15, 0.2) is 11.6 Å². The molecule has 1 aromatic carbocycles. The molecule has 1 atom stereocenters. The summed E-state index contributed by atoms with van der Waals surface area (Å²) in [6.07, 6.45) is 9.16. The summed E-state index contributed by atoms with van der Waals surface area (Å²) in [5.74, 6) is 0.532. The highest BCUT2D eigenvalue weighted by Crippen LogP contribution is 2.50. The van der Waals surface area contributed by atoms with E-state index in [1.54, 1.807) is 12.3 Å². The van der Waals surface area contributed by atoms with Gasteiger partial charge in [0.2, 0.25) is 5.95 Å². The smallest absolute Gasteiger partial charge is 0.254 e. The number of rotatable bonds is 10. The van der Waals surface area contributed by atoms with E-state index in [1.807, 2.05) is 29.6 Å². The van der Waals surface area contributed by atoms with E-state index >= 15 is 0 Å². The molecule has 3 aromatic rings. The Balaban J connectivity index is 1.33. The monoisotopic (exact) mass is 562 g/mol. The van der Waals surface area contributed by atoms with Gasteiger partial charge in [-0.3, -0.25) is 14.7 Å². The Kier molecular flexibility index (Phi) is 7.70. The minimum atomic E-state index is -0.475. The summed E-state index contributed by atoms with van der Waals surface area (Å²) in [4.78, 5) is 27.1. The van der Waals surface area contributed by atoms with E-state index in [1.165, 1.54) is 17.3 Å². The van der Waals surface area contributed by atoms with Crippen LogP contribution in [-0.2, 0) is 24.9 Å². The number of carbonyl (C=O) groups is 1. The number of fused-ring (bicyclic) bond motifs is 2. The van der Waals surface area contributed by atoms with Gasteiger partial charge in [0.05, 0.1) is 25.5 Å². The molecule has 2 aromatic heterocycles. The summed E-state index contributed by atoms with van der Waals surface area (Å²) >= 11 is 0. The zero-order valence-corrected chi connectivity index (χ0v) is 23.9. The first kappa shape index (κ1) is 27.7. The molecular weight excluding hydrogens is 523 g/mol. The number of pyridine rings is 1. The molecule has 2 fully saturated rings. The van der Waals surface area contributed by atoms with Crippen molar-refractivity contribution in [3.05, 3.63) is 70.6 Å². The molecule has 1 saturated carbocycles. The first-order chi connectivity index (χ1) is 19.9. The van der Waals surface area contributed by atoms with Crippen molar-refractivity contribution in [3.8, 4) is 5.75 Å². The minimum absolute atomic E-state index is 0.0358. The molecular formula is C31H39FN6O3. The second-order valence-electron chi connectivity index (χ2n) is 11.6. The van der Waals surface area contributed by atoms with E-state index in [0.29, 0.717) is 44.9 Å².